The Morgan fingerprint density at radius 2 is 1.83 bits per heavy atom. The molecule has 4 atom stereocenters. The molecule has 3 heteroatoms. The van der Waals surface area contributed by atoms with Crippen LogP contribution in [0.15, 0.2) is 35.9 Å². The monoisotopic (exact) mass is 324 g/mol. The average molecular weight is 324 g/mol. The van der Waals surface area contributed by atoms with Gasteiger partial charge in [0.15, 0.2) is 0 Å². The van der Waals surface area contributed by atoms with E-state index in [1.54, 1.807) is 7.11 Å². The van der Waals surface area contributed by atoms with Crippen molar-refractivity contribution in [2.75, 3.05) is 38.2 Å². The summed E-state index contributed by atoms with van der Waals surface area (Å²) in [5.41, 5.74) is 3.06. The lowest BCUT2D eigenvalue weighted by Gasteiger charge is -2.45. The van der Waals surface area contributed by atoms with Crippen molar-refractivity contribution >= 4 is 5.69 Å². The molecular formula is C21H28N2O. The fraction of sp³-hybridized carbons (Fsp3) is 0.619. The third-order valence-corrected chi connectivity index (χ3v) is 6.92. The zero-order chi connectivity index (χ0) is 16.1. The van der Waals surface area contributed by atoms with Crippen LogP contribution in [0.3, 0.4) is 0 Å². The van der Waals surface area contributed by atoms with Crippen LogP contribution in [0, 0.1) is 17.8 Å². The van der Waals surface area contributed by atoms with Crippen LogP contribution < -0.4 is 9.64 Å². The molecule has 24 heavy (non-hydrogen) atoms. The Balaban J connectivity index is 1.29. The van der Waals surface area contributed by atoms with Gasteiger partial charge in [0, 0.05) is 32.2 Å². The van der Waals surface area contributed by atoms with E-state index in [1.807, 2.05) is 5.57 Å². The molecule has 0 N–H and O–H groups in total. The van der Waals surface area contributed by atoms with Crippen LogP contribution in [-0.4, -0.2) is 44.2 Å². The van der Waals surface area contributed by atoms with Crippen molar-refractivity contribution in [1.29, 1.82) is 0 Å². The molecule has 3 fully saturated rings. The quantitative estimate of drug-likeness (QED) is 0.791. The van der Waals surface area contributed by atoms with E-state index in [4.69, 9.17) is 4.74 Å². The number of para-hydroxylation sites is 2. The largest absolute Gasteiger partial charge is 0.495 e. The van der Waals surface area contributed by atoms with Crippen molar-refractivity contribution in [1.82, 2.24) is 4.90 Å². The van der Waals surface area contributed by atoms with Crippen LogP contribution in [0.1, 0.15) is 25.7 Å². The van der Waals surface area contributed by atoms with Crippen LogP contribution in [0.2, 0.25) is 0 Å². The summed E-state index contributed by atoms with van der Waals surface area (Å²) in [4.78, 5) is 5.26. The van der Waals surface area contributed by atoms with Crippen molar-refractivity contribution in [3.8, 4) is 5.75 Å². The van der Waals surface area contributed by atoms with Gasteiger partial charge in [0.25, 0.3) is 0 Å². The van der Waals surface area contributed by atoms with Gasteiger partial charge in [-0.25, -0.2) is 0 Å². The third-order valence-electron chi connectivity index (χ3n) is 6.92. The molecule has 3 aliphatic carbocycles. The number of methoxy groups -OCH3 is 1. The molecule has 0 radical (unpaired) electrons. The van der Waals surface area contributed by atoms with Gasteiger partial charge in [-0.2, -0.15) is 0 Å². The van der Waals surface area contributed by atoms with Crippen molar-refractivity contribution in [2.45, 2.75) is 31.7 Å². The zero-order valence-electron chi connectivity index (χ0n) is 14.7. The summed E-state index contributed by atoms with van der Waals surface area (Å²) in [5.74, 6) is 3.90. The van der Waals surface area contributed by atoms with Gasteiger partial charge in [-0.05, 0) is 55.6 Å². The van der Waals surface area contributed by atoms with Crippen molar-refractivity contribution in [3.63, 3.8) is 0 Å². The molecule has 3 nitrogen and oxygen atoms in total. The Morgan fingerprint density at radius 3 is 2.67 bits per heavy atom. The predicted molar refractivity (Wildman–Crippen MR) is 97.6 cm³/mol. The maximum absolute atomic E-state index is 5.55. The summed E-state index contributed by atoms with van der Waals surface area (Å²) >= 11 is 0. The van der Waals surface area contributed by atoms with Crippen LogP contribution in [0.25, 0.3) is 0 Å². The van der Waals surface area contributed by atoms with Gasteiger partial charge in [0.05, 0.1) is 12.8 Å². The summed E-state index contributed by atoms with van der Waals surface area (Å²) in [6, 6.07) is 9.16. The van der Waals surface area contributed by atoms with E-state index in [0.717, 1.165) is 42.6 Å². The second kappa shape index (κ2) is 5.80. The van der Waals surface area contributed by atoms with Gasteiger partial charge in [0.2, 0.25) is 0 Å². The Kier molecular flexibility index (Phi) is 3.58. The molecule has 2 saturated carbocycles. The standard InChI is InChI=1S/C21H28N2O/c1-24-21-5-3-2-4-19(21)22-6-8-23(9-7-22)20-14-17-11-15-10-16(17)13-18(20)12-15/h2-5,14-16,18,20H,6-13H2,1H3. The second-order valence-corrected chi connectivity index (χ2v) is 8.16. The van der Waals surface area contributed by atoms with Gasteiger partial charge < -0.3 is 9.64 Å². The lowest BCUT2D eigenvalue weighted by Crippen LogP contribution is -2.53. The van der Waals surface area contributed by atoms with Crippen LogP contribution in [0.5, 0.6) is 5.75 Å². The number of allylic oxidation sites excluding steroid dienone is 1. The Morgan fingerprint density at radius 1 is 1.00 bits per heavy atom. The highest BCUT2D eigenvalue weighted by atomic mass is 16.5. The van der Waals surface area contributed by atoms with Crippen LogP contribution in [0.4, 0.5) is 5.69 Å². The number of fused-ring (bicyclic) bond motifs is 2. The van der Waals surface area contributed by atoms with E-state index in [2.05, 4.69) is 40.1 Å². The average Bonchev–Trinajstić information content (AvgIpc) is 2.84. The van der Waals surface area contributed by atoms with Gasteiger partial charge >= 0.3 is 0 Å². The maximum atomic E-state index is 5.55. The highest BCUT2D eigenvalue weighted by molar-refractivity contribution is 5.58. The number of anilines is 1. The molecule has 0 amide bonds. The van der Waals surface area contributed by atoms with Gasteiger partial charge in [-0.3, -0.25) is 4.90 Å². The first kappa shape index (κ1) is 14.8. The fourth-order valence-electron chi connectivity index (χ4n) is 5.85. The normalized spacial score (nSPS) is 35.2. The molecule has 3 bridgehead atoms. The Hall–Kier alpha value is -1.48. The Labute approximate surface area is 145 Å². The van der Waals surface area contributed by atoms with E-state index in [-0.39, 0.29) is 0 Å². The molecule has 1 heterocycles. The summed E-state index contributed by atoms with van der Waals surface area (Å²) < 4.78 is 5.55. The molecule has 0 spiro atoms. The number of benzene rings is 1. The summed E-state index contributed by atoms with van der Waals surface area (Å²) in [6.45, 7) is 4.58. The number of nitrogens with zero attached hydrogens (tertiary/aromatic N) is 2. The smallest absolute Gasteiger partial charge is 0.142 e. The van der Waals surface area contributed by atoms with Crippen LogP contribution in [-0.2, 0) is 0 Å². The van der Waals surface area contributed by atoms with E-state index in [0.29, 0.717) is 0 Å². The molecule has 4 aliphatic rings. The van der Waals surface area contributed by atoms with Gasteiger partial charge in [-0.1, -0.05) is 23.8 Å². The third kappa shape index (κ3) is 2.36. The first-order valence-corrected chi connectivity index (χ1v) is 9.64. The number of ether oxygens (including phenoxy) is 1. The van der Waals surface area contributed by atoms with Crippen molar-refractivity contribution < 1.29 is 4.74 Å². The lowest BCUT2D eigenvalue weighted by molar-refractivity contribution is 0.115. The Bertz CT molecular complexity index is 647. The SMILES string of the molecule is COc1ccccc1N1CCN(C2C=C3CC4CC3CC2C4)CC1. The molecule has 4 unspecified atom stereocenters. The summed E-state index contributed by atoms with van der Waals surface area (Å²) in [5, 5.41) is 0. The highest BCUT2D eigenvalue weighted by Crippen LogP contribution is 2.53. The van der Waals surface area contributed by atoms with Crippen molar-refractivity contribution in [2.24, 2.45) is 17.8 Å². The van der Waals surface area contributed by atoms with Crippen LogP contribution >= 0.6 is 0 Å². The molecule has 5 rings (SSSR count). The lowest BCUT2D eigenvalue weighted by atomic mass is 9.73. The molecule has 1 saturated heterocycles. The van der Waals surface area contributed by atoms with E-state index in [1.165, 1.54) is 44.5 Å². The molecule has 1 aromatic rings. The maximum Gasteiger partial charge on any atom is 0.142 e. The first-order valence-electron chi connectivity index (χ1n) is 9.64. The summed E-state index contributed by atoms with van der Waals surface area (Å²) in [6.07, 6.45) is 8.55. The molecule has 0 aromatic heterocycles. The number of rotatable bonds is 3. The predicted octanol–water partition coefficient (Wildman–Crippen LogP) is 3.56. The van der Waals surface area contributed by atoms with E-state index >= 15 is 0 Å². The highest BCUT2D eigenvalue weighted by Gasteiger charge is 2.45. The minimum absolute atomic E-state index is 0.723. The fourth-order valence-corrected chi connectivity index (χ4v) is 5.85. The second-order valence-electron chi connectivity index (χ2n) is 8.16. The molecular weight excluding hydrogens is 296 g/mol. The number of hydrogen-bond donors (Lipinski definition) is 0. The van der Waals surface area contributed by atoms with Gasteiger partial charge in [0.1, 0.15) is 5.75 Å². The number of hydrogen-bond acceptors (Lipinski definition) is 3. The molecule has 1 aromatic carbocycles. The minimum Gasteiger partial charge on any atom is -0.495 e. The number of piperazine rings is 1. The van der Waals surface area contributed by atoms with Gasteiger partial charge in [-0.15, -0.1) is 0 Å². The molecule has 1 aliphatic heterocycles. The zero-order valence-corrected chi connectivity index (χ0v) is 14.7. The summed E-state index contributed by atoms with van der Waals surface area (Å²) in [7, 11) is 1.77. The topological polar surface area (TPSA) is 15.7 Å². The minimum atomic E-state index is 0.723. The van der Waals surface area contributed by atoms with E-state index < -0.39 is 0 Å². The first-order chi connectivity index (χ1) is 11.8. The van der Waals surface area contributed by atoms with E-state index in [9.17, 15) is 0 Å². The molecule has 128 valence electrons. The van der Waals surface area contributed by atoms with Crippen molar-refractivity contribution in [3.05, 3.63) is 35.9 Å².